The largest absolute Gasteiger partial charge is 0.354 e. The Bertz CT molecular complexity index is 846. The number of fused-ring (bicyclic) bond motifs is 2. The molecule has 1 N–H and O–H groups in total. The van der Waals surface area contributed by atoms with Crippen LogP contribution >= 0.6 is 15.8 Å². The van der Waals surface area contributed by atoms with Gasteiger partial charge in [0, 0.05) is 5.41 Å². The van der Waals surface area contributed by atoms with Crippen molar-refractivity contribution in [3.8, 4) is 0 Å². The van der Waals surface area contributed by atoms with Crippen molar-refractivity contribution in [1.82, 2.24) is 0 Å². The van der Waals surface area contributed by atoms with E-state index in [-0.39, 0.29) is 21.3 Å². The van der Waals surface area contributed by atoms with Gasteiger partial charge in [-0.1, -0.05) is 106 Å². The molecule has 1 heterocycles. The molecule has 176 valence electrons. The fourth-order valence-corrected chi connectivity index (χ4v) is 10.7. The second kappa shape index (κ2) is 11.0. The SMILES string of the molecule is CCCP(CCC)c1cc(C)cc2c1Nc1c(P(CCC)CCC)cc(C)cc1C2(C)C. The predicted octanol–water partition coefficient (Wildman–Crippen LogP) is 8.54. The maximum Gasteiger partial charge on any atom is 0.0504 e. The molecule has 3 heteroatoms. The van der Waals surface area contributed by atoms with Crippen LogP contribution in [0.5, 0.6) is 0 Å². The van der Waals surface area contributed by atoms with Gasteiger partial charge in [0.2, 0.25) is 0 Å². The zero-order valence-corrected chi connectivity index (χ0v) is 23.6. The summed E-state index contributed by atoms with van der Waals surface area (Å²) in [5, 5.41) is 7.36. The van der Waals surface area contributed by atoms with Crippen molar-refractivity contribution < 1.29 is 0 Å². The molecule has 2 aromatic carbocycles. The van der Waals surface area contributed by atoms with E-state index in [0.717, 1.165) is 0 Å². The summed E-state index contributed by atoms with van der Waals surface area (Å²) in [5.74, 6) is 0. The first-order valence-corrected chi connectivity index (χ1v) is 16.3. The molecule has 0 spiro atoms. The van der Waals surface area contributed by atoms with Crippen molar-refractivity contribution in [2.75, 3.05) is 30.0 Å². The predicted molar refractivity (Wildman–Crippen MR) is 152 cm³/mol. The summed E-state index contributed by atoms with van der Waals surface area (Å²) >= 11 is 0. The molecule has 32 heavy (non-hydrogen) atoms. The maximum absolute atomic E-state index is 4.11. The minimum atomic E-state index is -0.119. The van der Waals surface area contributed by atoms with Crippen LogP contribution in [0.25, 0.3) is 0 Å². The lowest BCUT2D eigenvalue weighted by molar-refractivity contribution is 0.638. The van der Waals surface area contributed by atoms with Gasteiger partial charge in [0.1, 0.15) is 0 Å². The molecule has 0 aromatic heterocycles. The number of anilines is 2. The van der Waals surface area contributed by atoms with Crippen LogP contribution < -0.4 is 15.9 Å². The Balaban J connectivity index is 2.24. The number of hydrogen-bond donors (Lipinski definition) is 1. The Morgan fingerprint density at radius 2 is 0.969 bits per heavy atom. The van der Waals surface area contributed by atoms with Gasteiger partial charge in [0.25, 0.3) is 0 Å². The minimum Gasteiger partial charge on any atom is -0.354 e. The molecule has 1 aliphatic heterocycles. The number of hydrogen-bond acceptors (Lipinski definition) is 1. The zero-order chi connectivity index (χ0) is 23.5. The van der Waals surface area contributed by atoms with E-state index in [1.165, 1.54) is 84.0 Å². The van der Waals surface area contributed by atoms with Crippen LogP contribution in [0.1, 0.15) is 89.5 Å². The van der Waals surface area contributed by atoms with E-state index in [2.05, 4.69) is 85.0 Å². The molecule has 1 nitrogen and oxygen atoms in total. The van der Waals surface area contributed by atoms with Crippen molar-refractivity contribution in [2.45, 2.75) is 86.5 Å². The first kappa shape index (κ1) is 25.7. The second-order valence-corrected chi connectivity index (χ2v) is 15.0. The highest BCUT2D eigenvalue weighted by Gasteiger charge is 2.37. The number of benzene rings is 2. The average Bonchev–Trinajstić information content (AvgIpc) is 2.74. The van der Waals surface area contributed by atoms with Gasteiger partial charge in [-0.15, -0.1) is 0 Å². The third kappa shape index (κ3) is 5.10. The highest BCUT2D eigenvalue weighted by molar-refractivity contribution is 7.66. The minimum absolute atomic E-state index is 0.0241. The molecule has 0 unspecified atom stereocenters. The van der Waals surface area contributed by atoms with E-state index in [1.54, 1.807) is 10.6 Å². The zero-order valence-electron chi connectivity index (χ0n) is 21.9. The molecular weight excluding hydrogens is 424 g/mol. The van der Waals surface area contributed by atoms with Crippen LogP contribution in [0.2, 0.25) is 0 Å². The van der Waals surface area contributed by atoms with Crippen molar-refractivity contribution in [2.24, 2.45) is 0 Å². The number of rotatable bonds is 10. The standard InChI is InChI=1S/C29H45NP2/c1-9-13-31(14-10-2)25-19-21(5)17-23-27(25)30-28-24(29(23,7)8)18-22(6)20-26(28)32(15-11-3)16-12-4/h17-20,30H,9-16H2,1-8H3. The smallest absolute Gasteiger partial charge is 0.0504 e. The van der Waals surface area contributed by atoms with Crippen molar-refractivity contribution >= 4 is 37.8 Å². The van der Waals surface area contributed by atoms with E-state index in [1.807, 2.05) is 0 Å². The lowest BCUT2D eigenvalue weighted by Gasteiger charge is -2.40. The normalized spacial score (nSPS) is 14.4. The number of nitrogens with one attached hydrogen (secondary N) is 1. The summed E-state index contributed by atoms with van der Waals surface area (Å²) in [6, 6.07) is 9.95. The molecule has 0 amide bonds. The van der Waals surface area contributed by atoms with Gasteiger partial charge in [0.15, 0.2) is 0 Å². The highest BCUT2D eigenvalue weighted by Crippen LogP contribution is 2.51. The number of aryl methyl sites for hydroxylation is 2. The van der Waals surface area contributed by atoms with Gasteiger partial charge in [-0.2, -0.15) is 0 Å². The van der Waals surface area contributed by atoms with E-state index in [9.17, 15) is 0 Å². The summed E-state index contributed by atoms with van der Waals surface area (Å²) in [6.07, 6.45) is 10.5. The van der Waals surface area contributed by atoms with Crippen LogP contribution in [0.15, 0.2) is 24.3 Å². The molecule has 1 aliphatic rings. The second-order valence-electron chi connectivity index (χ2n) is 10.1. The van der Waals surface area contributed by atoms with Gasteiger partial charge in [0.05, 0.1) is 11.4 Å². The van der Waals surface area contributed by atoms with Crippen molar-refractivity contribution in [1.29, 1.82) is 0 Å². The van der Waals surface area contributed by atoms with Gasteiger partial charge in [-0.25, -0.2) is 0 Å². The van der Waals surface area contributed by atoms with E-state index in [0.29, 0.717) is 0 Å². The lowest BCUT2D eigenvalue weighted by Crippen LogP contribution is -2.33. The van der Waals surface area contributed by atoms with Gasteiger partial charge in [-0.05, 0) is 72.4 Å². The molecule has 3 rings (SSSR count). The first-order valence-electron chi connectivity index (χ1n) is 12.8. The van der Waals surface area contributed by atoms with Crippen molar-refractivity contribution in [3.63, 3.8) is 0 Å². The van der Waals surface area contributed by atoms with Crippen LogP contribution in [-0.4, -0.2) is 24.6 Å². The molecule has 0 fully saturated rings. The average molecular weight is 470 g/mol. The Labute approximate surface area is 200 Å². The fourth-order valence-electron chi connectivity index (χ4n) is 5.34. The topological polar surface area (TPSA) is 12.0 Å². The van der Waals surface area contributed by atoms with Crippen LogP contribution in [0.3, 0.4) is 0 Å². The Hall–Kier alpha value is -0.900. The van der Waals surface area contributed by atoms with Gasteiger partial charge in [-0.3, -0.25) is 0 Å². The van der Waals surface area contributed by atoms with Crippen molar-refractivity contribution in [3.05, 3.63) is 46.5 Å². The van der Waals surface area contributed by atoms with E-state index in [4.69, 9.17) is 0 Å². The van der Waals surface area contributed by atoms with Crippen LogP contribution in [-0.2, 0) is 5.41 Å². The lowest BCUT2D eigenvalue weighted by atomic mass is 9.73. The van der Waals surface area contributed by atoms with Gasteiger partial charge >= 0.3 is 0 Å². The summed E-state index contributed by atoms with van der Waals surface area (Å²) < 4.78 is 0. The molecule has 0 saturated carbocycles. The molecule has 0 atom stereocenters. The summed E-state index contributed by atoms with van der Waals surface area (Å²) in [4.78, 5) is 0. The quantitative estimate of drug-likeness (QED) is 0.344. The molecule has 0 bridgehead atoms. The monoisotopic (exact) mass is 469 g/mol. The highest BCUT2D eigenvalue weighted by atomic mass is 31.1. The molecule has 0 aliphatic carbocycles. The molecule has 2 aromatic rings. The van der Waals surface area contributed by atoms with E-state index < -0.39 is 0 Å². The molecule has 0 saturated heterocycles. The summed E-state index contributed by atoms with van der Waals surface area (Å²) in [7, 11) is -0.239. The third-order valence-electron chi connectivity index (χ3n) is 6.78. The summed E-state index contributed by atoms with van der Waals surface area (Å²) in [5.41, 5.74) is 8.78. The first-order chi connectivity index (χ1) is 15.3. The Kier molecular flexibility index (Phi) is 8.85. The summed E-state index contributed by atoms with van der Waals surface area (Å²) in [6.45, 7) is 18.9. The van der Waals surface area contributed by atoms with Crippen LogP contribution in [0, 0.1) is 13.8 Å². The fraction of sp³-hybridized carbons (Fsp3) is 0.586. The maximum atomic E-state index is 4.11. The van der Waals surface area contributed by atoms with Crippen LogP contribution in [0.4, 0.5) is 11.4 Å². The van der Waals surface area contributed by atoms with Gasteiger partial charge < -0.3 is 5.32 Å². The molecule has 0 radical (unpaired) electrons. The Morgan fingerprint density at radius 1 is 0.625 bits per heavy atom. The van der Waals surface area contributed by atoms with E-state index >= 15 is 0 Å². The third-order valence-corrected chi connectivity index (χ3v) is 12.8. The molecular formula is C29H45NP2. The Morgan fingerprint density at radius 3 is 1.28 bits per heavy atom.